The number of carbonyl (C=O) groups is 1. The zero-order valence-electron chi connectivity index (χ0n) is 16.1. The lowest BCUT2D eigenvalue weighted by atomic mass is 10.1. The highest BCUT2D eigenvalue weighted by Gasteiger charge is 2.16. The molecule has 0 fully saturated rings. The Morgan fingerprint density at radius 1 is 1.14 bits per heavy atom. The minimum atomic E-state index is -0.0809. The standard InChI is InChI=1S/C21H22N4O3S/c1-2-15-6-3-4-8-17(15)25-14-23-24-21(25)29-13-19(26)22-12-16-7-5-9-18-20(16)28-11-10-27-18/h3-9,14H,2,10-13H2,1H3,(H,22,26). The van der Waals surface area contributed by atoms with E-state index in [0.717, 1.165) is 23.4 Å². The van der Waals surface area contributed by atoms with Crippen LogP contribution < -0.4 is 14.8 Å². The third kappa shape index (κ3) is 4.37. The molecular weight excluding hydrogens is 388 g/mol. The van der Waals surface area contributed by atoms with E-state index in [9.17, 15) is 4.79 Å². The van der Waals surface area contributed by atoms with Crippen LogP contribution in [0, 0.1) is 0 Å². The zero-order chi connectivity index (χ0) is 20.1. The van der Waals surface area contributed by atoms with Crippen molar-refractivity contribution >= 4 is 17.7 Å². The smallest absolute Gasteiger partial charge is 0.230 e. The van der Waals surface area contributed by atoms with Crippen molar-refractivity contribution in [1.29, 1.82) is 0 Å². The molecule has 0 radical (unpaired) electrons. The highest BCUT2D eigenvalue weighted by molar-refractivity contribution is 7.99. The van der Waals surface area contributed by atoms with Crippen LogP contribution in [0.2, 0.25) is 0 Å². The zero-order valence-corrected chi connectivity index (χ0v) is 16.9. The molecule has 0 saturated carbocycles. The van der Waals surface area contributed by atoms with E-state index in [2.05, 4.69) is 28.5 Å². The van der Waals surface area contributed by atoms with Gasteiger partial charge in [0.15, 0.2) is 16.7 Å². The minimum Gasteiger partial charge on any atom is -0.486 e. The molecule has 4 rings (SSSR count). The first kappa shape index (κ1) is 19.3. The fourth-order valence-corrected chi connectivity index (χ4v) is 3.93. The van der Waals surface area contributed by atoms with Crippen LogP contribution in [0.3, 0.4) is 0 Å². The van der Waals surface area contributed by atoms with E-state index in [1.807, 2.05) is 41.0 Å². The Hall–Kier alpha value is -3.00. The Balaban J connectivity index is 1.37. The fraction of sp³-hybridized carbons (Fsp3) is 0.286. The number of para-hydroxylation sites is 2. The first-order chi connectivity index (χ1) is 14.3. The molecule has 1 N–H and O–H groups in total. The molecule has 1 aromatic heterocycles. The lowest BCUT2D eigenvalue weighted by Gasteiger charge is -2.21. The van der Waals surface area contributed by atoms with Crippen LogP contribution in [-0.2, 0) is 17.8 Å². The maximum Gasteiger partial charge on any atom is 0.230 e. The number of fused-ring (bicyclic) bond motifs is 1. The minimum absolute atomic E-state index is 0.0809. The van der Waals surface area contributed by atoms with Gasteiger partial charge in [0.25, 0.3) is 0 Å². The maximum atomic E-state index is 12.4. The number of amides is 1. The number of ether oxygens (including phenoxy) is 2. The van der Waals surface area contributed by atoms with E-state index in [4.69, 9.17) is 9.47 Å². The monoisotopic (exact) mass is 410 g/mol. The van der Waals surface area contributed by atoms with Crippen molar-refractivity contribution in [1.82, 2.24) is 20.1 Å². The summed E-state index contributed by atoms with van der Waals surface area (Å²) in [4.78, 5) is 12.4. The average Bonchev–Trinajstić information content (AvgIpc) is 3.24. The number of rotatable bonds is 7. The molecule has 0 bridgehead atoms. The van der Waals surface area contributed by atoms with Crippen molar-refractivity contribution in [3.8, 4) is 17.2 Å². The molecule has 1 aliphatic rings. The molecule has 3 aromatic rings. The summed E-state index contributed by atoms with van der Waals surface area (Å²) in [5.41, 5.74) is 3.14. The Morgan fingerprint density at radius 2 is 1.97 bits per heavy atom. The molecular formula is C21H22N4O3S. The van der Waals surface area contributed by atoms with Gasteiger partial charge >= 0.3 is 0 Å². The van der Waals surface area contributed by atoms with Gasteiger partial charge in [0.1, 0.15) is 19.5 Å². The van der Waals surface area contributed by atoms with Gasteiger partial charge in [0, 0.05) is 12.1 Å². The highest BCUT2D eigenvalue weighted by atomic mass is 32.2. The summed E-state index contributed by atoms with van der Waals surface area (Å²) in [6, 6.07) is 13.8. The number of benzene rings is 2. The third-order valence-electron chi connectivity index (χ3n) is 4.60. The lowest BCUT2D eigenvalue weighted by molar-refractivity contribution is -0.118. The van der Waals surface area contributed by atoms with Crippen molar-refractivity contribution in [3.63, 3.8) is 0 Å². The van der Waals surface area contributed by atoms with Gasteiger partial charge in [-0.3, -0.25) is 9.36 Å². The van der Waals surface area contributed by atoms with Crippen molar-refractivity contribution < 1.29 is 14.3 Å². The second kappa shape index (κ2) is 9.00. The molecule has 1 amide bonds. The quantitative estimate of drug-likeness (QED) is 0.604. The van der Waals surface area contributed by atoms with E-state index in [0.29, 0.717) is 30.7 Å². The van der Waals surface area contributed by atoms with Crippen molar-refractivity contribution in [2.45, 2.75) is 25.0 Å². The number of aryl methyl sites for hydroxylation is 1. The van der Waals surface area contributed by atoms with Gasteiger partial charge in [0.2, 0.25) is 5.91 Å². The summed E-state index contributed by atoms with van der Waals surface area (Å²) in [6.45, 7) is 3.56. The summed E-state index contributed by atoms with van der Waals surface area (Å²) in [7, 11) is 0. The van der Waals surface area contributed by atoms with E-state index in [-0.39, 0.29) is 11.7 Å². The molecule has 0 spiro atoms. The molecule has 2 aromatic carbocycles. The number of carbonyl (C=O) groups excluding carboxylic acids is 1. The largest absolute Gasteiger partial charge is 0.486 e. The van der Waals surface area contributed by atoms with Crippen molar-refractivity contribution in [2.75, 3.05) is 19.0 Å². The van der Waals surface area contributed by atoms with Gasteiger partial charge in [-0.2, -0.15) is 0 Å². The summed E-state index contributed by atoms with van der Waals surface area (Å²) >= 11 is 1.36. The molecule has 1 aliphatic heterocycles. The van der Waals surface area contributed by atoms with Gasteiger partial charge in [0.05, 0.1) is 11.4 Å². The Kier molecular flexibility index (Phi) is 6.00. The summed E-state index contributed by atoms with van der Waals surface area (Å²) in [6.07, 6.45) is 2.59. The predicted molar refractivity (Wildman–Crippen MR) is 111 cm³/mol. The normalized spacial score (nSPS) is 12.6. The van der Waals surface area contributed by atoms with Crippen LogP contribution in [0.1, 0.15) is 18.1 Å². The first-order valence-electron chi connectivity index (χ1n) is 9.51. The van der Waals surface area contributed by atoms with E-state index in [1.54, 1.807) is 6.33 Å². The fourth-order valence-electron chi connectivity index (χ4n) is 3.18. The summed E-state index contributed by atoms with van der Waals surface area (Å²) in [5.74, 6) is 1.60. The molecule has 2 heterocycles. The van der Waals surface area contributed by atoms with Crippen molar-refractivity contribution in [2.24, 2.45) is 0 Å². The third-order valence-corrected chi connectivity index (χ3v) is 5.55. The number of thioether (sulfide) groups is 1. The Labute approximate surface area is 173 Å². The SMILES string of the molecule is CCc1ccccc1-n1cnnc1SCC(=O)NCc1cccc2c1OCCO2. The molecule has 0 aliphatic carbocycles. The number of nitrogens with zero attached hydrogens (tertiary/aromatic N) is 3. The van der Waals surface area contributed by atoms with Crippen LogP contribution >= 0.6 is 11.8 Å². The van der Waals surface area contributed by atoms with Crippen LogP contribution in [0.25, 0.3) is 5.69 Å². The molecule has 7 nitrogen and oxygen atoms in total. The topological polar surface area (TPSA) is 78.3 Å². The second-order valence-electron chi connectivity index (χ2n) is 6.47. The van der Waals surface area contributed by atoms with E-state index in [1.165, 1.54) is 17.3 Å². The van der Waals surface area contributed by atoms with Crippen LogP contribution in [0.15, 0.2) is 53.9 Å². The molecule has 0 saturated heterocycles. The average molecular weight is 410 g/mol. The molecule has 0 unspecified atom stereocenters. The van der Waals surface area contributed by atoms with Gasteiger partial charge in [-0.1, -0.05) is 49.0 Å². The summed E-state index contributed by atoms with van der Waals surface area (Å²) < 4.78 is 13.2. The number of hydrogen-bond acceptors (Lipinski definition) is 6. The predicted octanol–water partition coefficient (Wildman–Crippen LogP) is 3.01. The van der Waals surface area contributed by atoms with E-state index < -0.39 is 0 Å². The van der Waals surface area contributed by atoms with Gasteiger partial charge in [-0.15, -0.1) is 10.2 Å². The number of hydrogen-bond donors (Lipinski definition) is 1. The summed E-state index contributed by atoms with van der Waals surface area (Å²) in [5, 5.41) is 11.8. The first-order valence-corrected chi connectivity index (χ1v) is 10.5. The molecule has 150 valence electrons. The maximum absolute atomic E-state index is 12.4. The Morgan fingerprint density at radius 3 is 2.86 bits per heavy atom. The van der Waals surface area contributed by atoms with Gasteiger partial charge in [-0.25, -0.2) is 0 Å². The number of nitrogens with one attached hydrogen (secondary N) is 1. The highest BCUT2D eigenvalue weighted by Crippen LogP contribution is 2.33. The molecule has 29 heavy (non-hydrogen) atoms. The van der Waals surface area contributed by atoms with Gasteiger partial charge in [-0.05, 0) is 24.1 Å². The van der Waals surface area contributed by atoms with Crippen molar-refractivity contribution in [3.05, 3.63) is 59.9 Å². The van der Waals surface area contributed by atoms with E-state index >= 15 is 0 Å². The molecule has 0 atom stereocenters. The number of aromatic nitrogens is 3. The second-order valence-corrected chi connectivity index (χ2v) is 7.42. The van der Waals surface area contributed by atoms with Crippen LogP contribution in [0.4, 0.5) is 0 Å². The van der Waals surface area contributed by atoms with Crippen LogP contribution in [-0.4, -0.2) is 39.6 Å². The van der Waals surface area contributed by atoms with Gasteiger partial charge < -0.3 is 14.8 Å². The molecule has 8 heteroatoms. The Bertz CT molecular complexity index is 1010. The lowest BCUT2D eigenvalue weighted by Crippen LogP contribution is -2.26. The van der Waals surface area contributed by atoms with Crippen LogP contribution in [0.5, 0.6) is 11.5 Å².